The fourth-order valence-electron chi connectivity index (χ4n) is 5.46. The van der Waals surface area contributed by atoms with Crippen molar-refractivity contribution < 1.29 is 14.3 Å². The fourth-order valence-corrected chi connectivity index (χ4v) is 6.21. The van der Waals surface area contributed by atoms with Gasteiger partial charge in [0.05, 0.1) is 19.1 Å². The van der Waals surface area contributed by atoms with Crippen molar-refractivity contribution in [3.05, 3.63) is 52.2 Å². The third kappa shape index (κ3) is 6.44. The lowest BCUT2D eigenvalue weighted by molar-refractivity contribution is -0.143. The standard InChI is InChI=1S/C28H39N3O3S/c1-3-4-15-31-26(32)12-11-24(27(31)23-9-5-6-10-25(23)34-2)28(33)29-19-21-13-16-30(17-14-21)20-22-8-7-18-35-22/h5-10,18,21,24,27H,3-4,11-17,19-20H2,1-2H3,(H,29,33). The first-order chi connectivity index (χ1) is 17.1. The van der Waals surface area contributed by atoms with Crippen LogP contribution in [0.2, 0.25) is 0 Å². The Labute approximate surface area is 213 Å². The first-order valence-electron chi connectivity index (χ1n) is 13.1. The summed E-state index contributed by atoms with van der Waals surface area (Å²) in [6.07, 6.45) is 5.14. The van der Waals surface area contributed by atoms with Crippen molar-refractivity contribution in [1.82, 2.24) is 15.1 Å². The Morgan fingerprint density at radius 1 is 1.14 bits per heavy atom. The third-order valence-electron chi connectivity index (χ3n) is 7.49. The molecule has 6 nitrogen and oxygen atoms in total. The molecule has 0 spiro atoms. The highest BCUT2D eigenvalue weighted by molar-refractivity contribution is 7.09. The Hall–Kier alpha value is -2.38. The van der Waals surface area contributed by atoms with Gasteiger partial charge in [0.2, 0.25) is 11.8 Å². The van der Waals surface area contributed by atoms with Gasteiger partial charge >= 0.3 is 0 Å². The van der Waals surface area contributed by atoms with Crippen LogP contribution in [-0.4, -0.2) is 54.9 Å². The monoisotopic (exact) mass is 497 g/mol. The smallest absolute Gasteiger partial charge is 0.225 e. The largest absolute Gasteiger partial charge is 0.496 e. The van der Waals surface area contributed by atoms with Gasteiger partial charge in [-0.25, -0.2) is 0 Å². The van der Waals surface area contributed by atoms with Crippen LogP contribution in [0.3, 0.4) is 0 Å². The zero-order valence-electron chi connectivity index (χ0n) is 21.1. The van der Waals surface area contributed by atoms with E-state index in [2.05, 4.69) is 34.7 Å². The van der Waals surface area contributed by atoms with Gasteiger partial charge in [0.15, 0.2) is 0 Å². The van der Waals surface area contributed by atoms with E-state index in [4.69, 9.17) is 4.74 Å². The van der Waals surface area contributed by atoms with Gasteiger partial charge in [0, 0.05) is 36.5 Å². The molecule has 1 aromatic carbocycles. The molecule has 2 atom stereocenters. The zero-order chi connectivity index (χ0) is 24.6. The molecule has 190 valence electrons. The van der Waals surface area contributed by atoms with Gasteiger partial charge < -0.3 is 15.0 Å². The number of carbonyl (C=O) groups excluding carboxylic acids is 2. The van der Waals surface area contributed by atoms with Crippen molar-refractivity contribution >= 4 is 23.2 Å². The Balaban J connectivity index is 1.40. The van der Waals surface area contributed by atoms with Crippen LogP contribution in [0.25, 0.3) is 0 Å². The van der Waals surface area contributed by atoms with Gasteiger partial charge in [0.1, 0.15) is 5.75 Å². The molecule has 2 fully saturated rings. The molecular weight excluding hydrogens is 458 g/mol. The highest BCUT2D eigenvalue weighted by atomic mass is 32.1. The molecule has 2 aromatic rings. The predicted molar refractivity (Wildman–Crippen MR) is 140 cm³/mol. The average Bonchev–Trinajstić information content (AvgIpc) is 3.40. The number of ether oxygens (including phenoxy) is 1. The van der Waals surface area contributed by atoms with Crippen molar-refractivity contribution in [3.8, 4) is 5.75 Å². The minimum Gasteiger partial charge on any atom is -0.496 e. The van der Waals surface area contributed by atoms with Crippen LogP contribution in [-0.2, 0) is 16.1 Å². The molecule has 7 heteroatoms. The summed E-state index contributed by atoms with van der Waals surface area (Å²) >= 11 is 1.82. The molecular formula is C28H39N3O3S. The molecule has 0 saturated carbocycles. The summed E-state index contributed by atoms with van der Waals surface area (Å²) in [6, 6.07) is 11.9. The van der Waals surface area contributed by atoms with E-state index in [0.717, 1.165) is 56.6 Å². The average molecular weight is 498 g/mol. The predicted octanol–water partition coefficient (Wildman–Crippen LogP) is 4.86. The molecule has 1 N–H and O–H groups in total. The van der Waals surface area contributed by atoms with Gasteiger partial charge in [-0.2, -0.15) is 0 Å². The number of methoxy groups -OCH3 is 1. The van der Waals surface area contributed by atoms with E-state index < -0.39 is 0 Å². The summed E-state index contributed by atoms with van der Waals surface area (Å²) in [5.41, 5.74) is 0.932. The fraction of sp³-hybridized carbons (Fsp3) is 0.571. The highest BCUT2D eigenvalue weighted by Gasteiger charge is 2.41. The van der Waals surface area contributed by atoms with E-state index in [0.29, 0.717) is 31.8 Å². The van der Waals surface area contributed by atoms with E-state index in [1.165, 1.54) is 4.88 Å². The normalized spacial score (nSPS) is 21.8. The molecule has 3 heterocycles. The maximum atomic E-state index is 13.5. The number of piperidine rings is 2. The van der Waals surface area contributed by atoms with E-state index in [9.17, 15) is 9.59 Å². The molecule has 2 unspecified atom stereocenters. The summed E-state index contributed by atoms with van der Waals surface area (Å²) in [7, 11) is 1.65. The van der Waals surface area contributed by atoms with Crippen LogP contribution < -0.4 is 10.1 Å². The first-order valence-corrected chi connectivity index (χ1v) is 13.9. The number of thiophene rings is 1. The molecule has 4 rings (SSSR count). The van der Waals surface area contributed by atoms with E-state index >= 15 is 0 Å². The molecule has 2 saturated heterocycles. The van der Waals surface area contributed by atoms with Crippen molar-refractivity contribution in [3.63, 3.8) is 0 Å². The number of para-hydroxylation sites is 1. The highest BCUT2D eigenvalue weighted by Crippen LogP contribution is 2.41. The van der Waals surface area contributed by atoms with Gasteiger partial charge in [-0.1, -0.05) is 37.6 Å². The molecule has 1 aromatic heterocycles. The number of hydrogen-bond acceptors (Lipinski definition) is 5. The Morgan fingerprint density at radius 3 is 2.66 bits per heavy atom. The van der Waals surface area contributed by atoms with Crippen LogP contribution in [0.5, 0.6) is 5.75 Å². The molecule has 0 bridgehead atoms. The summed E-state index contributed by atoms with van der Waals surface area (Å²) in [6.45, 7) is 6.69. The maximum Gasteiger partial charge on any atom is 0.225 e. The summed E-state index contributed by atoms with van der Waals surface area (Å²) in [5.74, 6) is 1.18. The maximum absolute atomic E-state index is 13.5. The molecule has 2 amide bonds. The number of benzene rings is 1. The van der Waals surface area contributed by atoms with Crippen LogP contribution in [0.4, 0.5) is 0 Å². The van der Waals surface area contributed by atoms with E-state index in [1.54, 1.807) is 7.11 Å². The van der Waals surface area contributed by atoms with Crippen LogP contribution in [0.15, 0.2) is 41.8 Å². The SMILES string of the molecule is CCCCN1C(=O)CCC(C(=O)NCC2CCN(Cc3cccs3)CC2)C1c1ccccc1OC. The van der Waals surface area contributed by atoms with Gasteiger partial charge in [-0.3, -0.25) is 14.5 Å². The number of hydrogen-bond donors (Lipinski definition) is 1. The zero-order valence-corrected chi connectivity index (χ0v) is 21.9. The van der Waals surface area contributed by atoms with Crippen molar-refractivity contribution in [2.45, 2.75) is 58.0 Å². The number of amides is 2. The lowest BCUT2D eigenvalue weighted by Crippen LogP contribution is -2.49. The Bertz CT molecular complexity index is 956. The van der Waals surface area contributed by atoms with E-state index in [1.807, 2.05) is 40.5 Å². The molecule has 35 heavy (non-hydrogen) atoms. The number of likely N-dealkylation sites (tertiary alicyclic amines) is 2. The molecule has 0 radical (unpaired) electrons. The summed E-state index contributed by atoms with van der Waals surface area (Å²) in [5, 5.41) is 5.41. The molecule has 2 aliphatic heterocycles. The van der Waals surface area contributed by atoms with Crippen molar-refractivity contribution in [2.24, 2.45) is 11.8 Å². The lowest BCUT2D eigenvalue weighted by Gasteiger charge is -2.41. The van der Waals surface area contributed by atoms with Gasteiger partial charge in [-0.15, -0.1) is 11.3 Å². The van der Waals surface area contributed by atoms with Crippen LogP contribution in [0.1, 0.15) is 61.9 Å². The summed E-state index contributed by atoms with van der Waals surface area (Å²) in [4.78, 5) is 32.3. The quantitative estimate of drug-likeness (QED) is 0.509. The number of nitrogens with one attached hydrogen (secondary N) is 1. The third-order valence-corrected chi connectivity index (χ3v) is 8.35. The second kappa shape index (κ2) is 12.5. The first kappa shape index (κ1) is 25.7. The lowest BCUT2D eigenvalue weighted by atomic mass is 9.82. The minimum atomic E-state index is -0.286. The number of carbonyl (C=O) groups is 2. The number of unbranched alkanes of at least 4 members (excludes halogenated alkanes) is 1. The van der Waals surface area contributed by atoms with Crippen molar-refractivity contribution in [1.29, 1.82) is 0 Å². The van der Waals surface area contributed by atoms with Gasteiger partial charge in [0.25, 0.3) is 0 Å². The van der Waals surface area contributed by atoms with Crippen LogP contribution in [0, 0.1) is 11.8 Å². The second-order valence-corrected chi connectivity index (χ2v) is 10.8. The van der Waals surface area contributed by atoms with Crippen molar-refractivity contribution in [2.75, 3.05) is 33.3 Å². The Morgan fingerprint density at radius 2 is 1.94 bits per heavy atom. The molecule has 0 aliphatic carbocycles. The topological polar surface area (TPSA) is 61.9 Å². The van der Waals surface area contributed by atoms with E-state index in [-0.39, 0.29) is 23.8 Å². The minimum absolute atomic E-state index is 0.0657. The molecule has 2 aliphatic rings. The second-order valence-electron chi connectivity index (χ2n) is 9.82. The van der Waals surface area contributed by atoms with Gasteiger partial charge in [-0.05, 0) is 62.2 Å². The number of nitrogens with zero attached hydrogens (tertiary/aromatic N) is 2. The Kier molecular flexibility index (Phi) is 9.21. The van der Waals surface area contributed by atoms with Crippen LogP contribution >= 0.6 is 11.3 Å². The summed E-state index contributed by atoms with van der Waals surface area (Å²) < 4.78 is 5.64. The number of rotatable bonds is 10.